The van der Waals surface area contributed by atoms with Crippen LogP contribution in [0.15, 0.2) is 61.6 Å². The molecular weight excluding hydrogens is 536 g/mol. The van der Waals surface area contributed by atoms with Crippen LogP contribution in [0.4, 0.5) is 0 Å². The van der Waals surface area contributed by atoms with Crippen molar-refractivity contribution in [1.82, 2.24) is 36.0 Å². The minimum absolute atomic E-state index is 0.0457. The molecule has 0 bridgehead atoms. The Morgan fingerprint density at radius 1 is 1.12 bits per heavy atom. The summed E-state index contributed by atoms with van der Waals surface area (Å²) in [6.07, 6.45) is 6.02. The summed E-state index contributed by atoms with van der Waals surface area (Å²) in [5.74, 6) is 1.30. The Kier molecular flexibility index (Phi) is 7.57. The Morgan fingerprint density at radius 3 is 2.44 bits per heavy atom. The van der Waals surface area contributed by atoms with Crippen molar-refractivity contribution in [3.63, 3.8) is 0 Å². The Labute approximate surface area is 253 Å². The molecule has 2 fully saturated rings. The fourth-order valence-electron chi connectivity index (χ4n) is 7.39. The van der Waals surface area contributed by atoms with Crippen molar-refractivity contribution in [3.05, 3.63) is 101 Å². The van der Waals surface area contributed by atoms with E-state index in [1.165, 1.54) is 11.1 Å². The van der Waals surface area contributed by atoms with Crippen LogP contribution in [0.2, 0.25) is 0 Å². The minimum atomic E-state index is -0.656. The number of nitrogens with one attached hydrogen (secondary N) is 4. The molecule has 4 N–H and O–H groups in total. The summed E-state index contributed by atoms with van der Waals surface area (Å²) in [6, 6.07) is 15.5. The number of carbonyl (C=O) groups excluding carboxylic acids is 1. The molecule has 1 amide bonds. The predicted molar refractivity (Wildman–Crippen MR) is 167 cm³/mol. The number of fused-ring (bicyclic) bond motifs is 3. The van der Waals surface area contributed by atoms with Crippen molar-refractivity contribution in [1.29, 1.82) is 5.26 Å². The van der Waals surface area contributed by atoms with Crippen LogP contribution in [0.1, 0.15) is 70.2 Å². The second-order valence-corrected chi connectivity index (χ2v) is 12.2. The third-order valence-corrected chi connectivity index (χ3v) is 9.64. The fourth-order valence-corrected chi connectivity index (χ4v) is 7.39. The molecule has 3 aromatic rings. The van der Waals surface area contributed by atoms with Gasteiger partial charge in [0.05, 0.1) is 11.5 Å². The van der Waals surface area contributed by atoms with Gasteiger partial charge >= 0.3 is 0 Å². The lowest BCUT2D eigenvalue weighted by Gasteiger charge is -2.37. The van der Waals surface area contributed by atoms with Gasteiger partial charge in [-0.05, 0) is 91.0 Å². The molecule has 1 saturated carbocycles. The quantitative estimate of drug-likeness (QED) is 0.291. The number of hydrogen-bond acceptors (Lipinski definition) is 7. The molecule has 43 heavy (non-hydrogen) atoms. The van der Waals surface area contributed by atoms with Crippen LogP contribution in [0.5, 0.6) is 0 Å². The number of aryl methyl sites for hydroxylation is 2. The number of rotatable bonds is 10. The molecule has 2 heterocycles. The number of amides is 1. The average Bonchev–Trinajstić information content (AvgIpc) is 3.41. The number of aromatic amines is 1. The summed E-state index contributed by atoms with van der Waals surface area (Å²) in [5, 5.41) is 28.3. The maximum atomic E-state index is 12.7. The molecule has 6 rings (SSSR count). The smallest absolute Gasteiger partial charge is 0.251 e. The molecule has 1 saturated heterocycles. The molecule has 9 nitrogen and oxygen atoms in total. The standard InChI is InChI=1S/C34H40N8O/c1-20(38-18-21(2)42-28(17-35)14-27-15-31(27)42)16-34(33-39-19-40-41-33)29-10-8-23(22(3)36-4)12-24(29)6-7-25-13-26(32(43)37-5)9-11-30(25)34/h8-13,19-20,27-28,31,36,38H,2-3,6-7,14-16,18H2,1,4-5H3,(H,37,43)(H,39,40,41)/t20-,27-,28?,31?,34?/m1/s1. The highest BCUT2D eigenvalue weighted by Crippen LogP contribution is 2.49. The number of benzene rings is 2. The van der Waals surface area contributed by atoms with Crippen molar-refractivity contribution < 1.29 is 4.79 Å². The van der Waals surface area contributed by atoms with Crippen molar-refractivity contribution in [2.45, 2.75) is 62.6 Å². The second kappa shape index (κ2) is 11.3. The number of hydrogen-bond donors (Lipinski definition) is 4. The van der Waals surface area contributed by atoms with Gasteiger partial charge in [0.25, 0.3) is 5.91 Å². The summed E-state index contributed by atoms with van der Waals surface area (Å²) < 4.78 is 0. The van der Waals surface area contributed by atoms with Crippen molar-refractivity contribution >= 4 is 11.6 Å². The zero-order valence-electron chi connectivity index (χ0n) is 25.2. The molecular formula is C34H40N8O. The van der Waals surface area contributed by atoms with Crippen molar-refractivity contribution in [3.8, 4) is 6.07 Å². The van der Waals surface area contributed by atoms with E-state index in [1.54, 1.807) is 13.4 Å². The van der Waals surface area contributed by atoms with Gasteiger partial charge < -0.3 is 25.8 Å². The number of likely N-dealkylation sites (tertiary alicyclic amines) is 1. The summed E-state index contributed by atoms with van der Waals surface area (Å²) in [5.41, 5.74) is 7.49. The Bertz CT molecular complexity index is 1540. The van der Waals surface area contributed by atoms with E-state index in [0.717, 1.165) is 59.6 Å². The van der Waals surface area contributed by atoms with E-state index in [2.05, 4.69) is 86.4 Å². The van der Waals surface area contributed by atoms with Crippen molar-refractivity contribution in [2.24, 2.45) is 5.92 Å². The topological polar surface area (TPSA) is 122 Å². The predicted octanol–water partition coefficient (Wildman–Crippen LogP) is 3.66. The number of carbonyl (C=O) groups is 1. The first-order chi connectivity index (χ1) is 20.8. The highest BCUT2D eigenvalue weighted by Gasteiger charge is 2.52. The summed E-state index contributed by atoms with van der Waals surface area (Å²) >= 11 is 0. The van der Waals surface area contributed by atoms with Gasteiger partial charge in [-0.2, -0.15) is 5.26 Å². The van der Waals surface area contributed by atoms with Crippen molar-refractivity contribution in [2.75, 3.05) is 20.6 Å². The molecule has 2 aliphatic carbocycles. The molecule has 5 atom stereocenters. The highest BCUT2D eigenvalue weighted by atomic mass is 16.1. The van der Waals surface area contributed by atoms with Gasteiger partial charge in [-0.3, -0.25) is 4.79 Å². The summed E-state index contributed by atoms with van der Waals surface area (Å²) in [7, 11) is 3.54. The number of nitrogens with zero attached hydrogens (tertiary/aromatic N) is 4. The maximum absolute atomic E-state index is 12.7. The van der Waals surface area contributed by atoms with Gasteiger partial charge in [0.1, 0.15) is 18.2 Å². The van der Waals surface area contributed by atoms with E-state index in [-0.39, 0.29) is 18.0 Å². The molecule has 3 unspecified atom stereocenters. The second-order valence-electron chi connectivity index (χ2n) is 12.2. The first kappa shape index (κ1) is 28.7. The molecule has 1 aliphatic heterocycles. The monoisotopic (exact) mass is 576 g/mol. The van der Waals surface area contributed by atoms with Gasteiger partial charge in [0.15, 0.2) is 0 Å². The van der Waals surface area contributed by atoms with E-state index in [0.29, 0.717) is 30.5 Å². The Morgan fingerprint density at radius 2 is 1.81 bits per heavy atom. The minimum Gasteiger partial charge on any atom is -0.388 e. The van der Waals surface area contributed by atoms with Gasteiger partial charge in [-0.1, -0.05) is 31.4 Å². The van der Waals surface area contributed by atoms with Crippen LogP contribution >= 0.6 is 0 Å². The summed E-state index contributed by atoms with van der Waals surface area (Å²) in [6.45, 7) is 11.4. The van der Waals surface area contributed by atoms with E-state index in [1.807, 2.05) is 19.2 Å². The molecule has 1 aromatic heterocycles. The molecule has 2 aromatic carbocycles. The number of aromatic nitrogens is 3. The molecule has 0 radical (unpaired) electrons. The van der Waals surface area contributed by atoms with Gasteiger partial charge in [0.2, 0.25) is 0 Å². The zero-order valence-corrected chi connectivity index (χ0v) is 25.2. The van der Waals surface area contributed by atoms with Crippen LogP contribution in [-0.2, 0) is 18.3 Å². The fraction of sp³-hybridized carbons (Fsp3) is 0.412. The lowest BCUT2D eigenvalue weighted by molar-refractivity contribution is 0.0963. The number of nitriles is 1. The number of piperidine rings is 1. The summed E-state index contributed by atoms with van der Waals surface area (Å²) in [4.78, 5) is 18.3. The molecule has 0 spiro atoms. The highest BCUT2D eigenvalue weighted by molar-refractivity contribution is 5.94. The molecule has 222 valence electrons. The largest absolute Gasteiger partial charge is 0.388 e. The maximum Gasteiger partial charge on any atom is 0.251 e. The third-order valence-electron chi connectivity index (χ3n) is 9.64. The van der Waals surface area contributed by atoms with E-state index in [4.69, 9.17) is 0 Å². The van der Waals surface area contributed by atoms with E-state index >= 15 is 0 Å². The number of H-pyrrole nitrogens is 1. The zero-order chi connectivity index (χ0) is 30.3. The molecule has 9 heteroatoms. The Hall–Kier alpha value is -4.42. The van der Waals surface area contributed by atoms with E-state index < -0.39 is 5.41 Å². The van der Waals surface area contributed by atoms with Gasteiger partial charge in [0, 0.05) is 49.7 Å². The molecule has 3 aliphatic rings. The first-order valence-corrected chi connectivity index (χ1v) is 15.1. The van der Waals surface area contributed by atoms with Crippen LogP contribution in [0, 0.1) is 17.2 Å². The Balaban J connectivity index is 1.41. The van der Waals surface area contributed by atoms with Crippen LogP contribution in [0.3, 0.4) is 0 Å². The van der Waals surface area contributed by atoms with E-state index in [9.17, 15) is 10.1 Å². The third kappa shape index (κ3) is 5.00. The van der Waals surface area contributed by atoms with Gasteiger partial charge in [-0.15, -0.1) is 10.2 Å². The normalized spacial score (nSPS) is 24.0. The van der Waals surface area contributed by atoms with Crippen LogP contribution in [0.25, 0.3) is 5.70 Å². The lowest BCUT2D eigenvalue weighted by Crippen LogP contribution is -2.42. The lowest BCUT2D eigenvalue weighted by atomic mass is 9.67. The average molecular weight is 577 g/mol. The van der Waals surface area contributed by atoms with Gasteiger partial charge in [-0.25, -0.2) is 0 Å². The van der Waals surface area contributed by atoms with Crippen LogP contribution in [-0.4, -0.2) is 64.8 Å². The van der Waals surface area contributed by atoms with Crippen LogP contribution < -0.4 is 16.0 Å². The first-order valence-electron chi connectivity index (χ1n) is 15.1. The SMILES string of the molecule is C=C(NC)c1ccc2c(c1)CCc1cc(C(=O)NC)ccc1C2(C[C@@H](C)NCC(=C)N1C(C#N)C[C@@H]2CC21)c1nnc[nH]1.